The summed E-state index contributed by atoms with van der Waals surface area (Å²) in [7, 11) is 0. The fraction of sp³-hybridized carbons (Fsp3) is 0.625. The van der Waals surface area contributed by atoms with E-state index in [1.807, 2.05) is 6.07 Å². The van der Waals surface area contributed by atoms with Crippen molar-refractivity contribution in [2.45, 2.75) is 45.9 Å². The highest BCUT2D eigenvalue weighted by Crippen LogP contribution is 2.27. The molecule has 2 N–H and O–H groups in total. The van der Waals surface area contributed by atoms with E-state index in [1.54, 1.807) is 0 Å². The van der Waals surface area contributed by atoms with Crippen molar-refractivity contribution in [2.75, 3.05) is 18.0 Å². The van der Waals surface area contributed by atoms with E-state index >= 15 is 0 Å². The Morgan fingerprint density at radius 3 is 2.80 bits per heavy atom. The van der Waals surface area contributed by atoms with E-state index in [0.717, 1.165) is 42.3 Å². The lowest BCUT2D eigenvalue weighted by molar-refractivity contribution is 0.0971. The summed E-state index contributed by atoms with van der Waals surface area (Å²) in [6.45, 7) is 8.93. The molecule has 1 heterocycles. The molecule has 1 aromatic carbocycles. The highest BCUT2D eigenvalue weighted by molar-refractivity contribution is 6.31. The van der Waals surface area contributed by atoms with Gasteiger partial charge in [-0.25, -0.2) is 0 Å². The van der Waals surface area contributed by atoms with Crippen LogP contribution in [0.5, 0.6) is 0 Å². The van der Waals surface area contributed by atoms with Gasteiger partial charge in [-0.15, -0.1) is 0 Å². The summed E-state index contributed by atoms with van der Waals surface area (Å²) in [6, 6.07) is 6.73. The molecule has 0 spiro atoms. The number of benzene rings is 1. The van der Waals surface area contributed by atoms with Crippen molar-refractivity contribution in [1.29, 1.82) is 0 Å². The first-order chi connectivity index (χ1) is 9.47. The number of nitrogens with one attached hydrogen (secondary N) is 1. The van der Waals surface area contributed by atoms with Gasteiger partial charge in [0.2, 0.25) is 0 Å². The number of nitrogens with zero attached hydrogens (tertiary/aromatic N) is 1. The molecule has 2 unspecified atom stereocenters. The van der Waals surface area contributed by atoms with Gasteiger partial charge in [0.15, 0.2) is 0 Å². The molecule has 1 aromatic rings. The largest absolute Gasteiger partial charge is 0.393 e. The van der Waals surface area contributed by atoms with Crippen molar-refractivity contribution >= 4 is 17.3 Å². The first-order valence-electron chi connectivity index (χ1n) is 7.42. The van der Waals surface area contributed by atoms with Gasteiger partial charge in [0.05, 0.1) is 6.10 Å². The molecule has 112 valence electrons. The van der Waals surface area contributed by atoms with Crippen LogP contribution in [0.1, 0.15) is 32.8 Å². The minimum atomic E-state index is -0.170. The van der Waals surface area contributed by atoms with Crippen molar-refractivity contribution < 1.29 is 5.11 Å². The van der Waals surface area contributed by atoms with E-state index in [2.05, 4.69) is 43.1 Å². The topological polar surface area (TPSA) is 35.5 Å². The molecule has 1 aliphatic heterocycles. The fourth-order valence-corrected chi connectivity index (χ4v) is 2.80. The molecule has 20 heavy (non-hydrogen) atoms. The van der Waals surface area contributed by atoms with Gasteiger partial charge in [0, 0.05) is 36.4 Å². The van der Waals surface area contributed by atoms with Gasteiger partial charge in [-0.3, -0.25) is 0 Å². The fourth-order valence-electron chi connectivity index (χ4n) is 2.56. The number of rotatable bonds is 4. The molecule has 0 aromatic heterocycles. The van der Waals surface area contributed by atoms with Gasteiger partial charge >= 0.3 is 0 Å². The van der Waals surface area contributed by atoms with E-state index in [4.69, 9.17) is 11.6 Å². The molecule has 0 amide bonds. The van der Waals surface area contributed by atoms with Crippen LogP contribution in [0, 0.1) is 5.92 Å². The quantitative estimate of drug-likeness (QED) is 0.896. The monoisotopic (exact) mass is 296 g/mol. The van der Waals surface area contributed by atoms with Gasteiger partial charge in [-0.05, 0) is 30.0 Å². The van der Waals surface area contributed by atoms with Crippen LogP contribution in [0.3, 0.4) is 0 Å². The molecule has 0 bridgehead atoms. The van der Waals surface area contributed by atoms with Gasteiger partial charge in [0.25, 0.3) is 0 Å². The number of aliphatic hydroxyl groups excluding tert-OH is 1. The van der Waals surface area contributed by atoms with Crippen molar-refractivity contribution in [1.82, 2.24) is 5.32 Å². The van der Waals surface area contributed by atoms with Crippen LogP contribution in [0.4, 0.5) is 5.69 Å². The Bertz CT molecular complexity index is 450. The van der Waals surface area contributed by atoms with E-state index in [-0.39, 0.29) is 6.10 Å². The predicted molar refractivity (Wildman–Crippen MR) is 85.4 cm³/mol. The van der Waals surface area contributed by atoms with Crippen molar-refractivity contribution in [3.05, 3.63) is 28.8 Å². The summed E-state index contributed by atoms with van der Waals surface area (Å²) in [5.41, 5.74) is 2.29. The summed E-state index contributed by atoms with van der Waals surface area (Å²) in [5, 5.41) is 14.0. The summed E-state index contributed by atoms with van der Waals surface area (Å²) in [6.07, 6.45) is 0.659. The van der Waals surface area contributed by atoms with E-state index < -0.39 is 0 Å². The Morgan fingerprint density at radius 2 is 2.20 bits per heavy atom. The molecule has 2 rings (SSSR count). The maximum Gasteiger partial charge on any atom is 0.0599 e. The first kappa shape index (κ1) is 15.6. The molecular formula is C16H25ClN2O. The lowest BCUT2D eigenvalue weighted by Crippen LogP contribution is -2.41. The average molecular weight is 297 g/mol. The Kier molecular flexibility index (Phi) is 5.30. The standard InChI is InChI=1S/C16H25ClN2O/c1-11(2)18-9-13-4-5-14(8-15(13)17)19-7-6-16(20)12(3)10-19/h4-5,8,11-12,16,18,20H,6-7,9-10H2,1-3H3. The minimum Gasteiger partial charge on any atom is -0.393 e. The number of piperidine rings is 1. The van der Waals surface area contributed by atoms with Gasteiger partial charge in [-0.2, -0.15) is 0 Å². The van der Waals surface area contributed by atoms with Crippen LogP contribution in [-0.2, 0) is 6.54 Å². The number of hydrogen-bond acceptors (Lipinski definition) is 3. The third kappa shape index (κ3) is 3.87. The molecule has 0 aliphatic carbocycles. The second-order valence-corrected chi connectivity index (χ2v) is 6.50. The third-order valence-corrected chi connectivity index (χ3v) is 4.31. The van der Waals surface area contributed by atoms with Crippen LogP contribution in [0.25, 0.3) is 0 Å². The molecule has 0 saturated carbocycles. The van der Waals surface area contributed by atoms with Crippen LogP contribution in [0.2, 0.25) is 5.02 Å². The second-order valence-electron chi connectivity index (χ2n) is 6.09. The third-order valence-electron chi connectivity index (χ3n) is 3.96. The Morgan fingerprint density at radius 1 is 1.45 bits per heavy atom. The average Bonchev–Trinajstić information content (AvgIpc) is 2.40. The molecule has 1 aliphatic rings. The van der Waals surface area contributed by atoms with Crippen LogP contribution >= 0.6 is 11.6 Å². The second kappa shape index (κ2) is 6.79. The number of halogens is 1. The molecule has 4 heteroatoms. The Labute approximate surface area is 126 Å². The SMILES string of the molecule is CC(C)NCc1ccc(N2CCC(O)C(C)C2)cc1Cl. The Balaban J connectivity index is 2.05. The zero-order chi connectivity index (χ0) is 14.7. The number of anilines is 1. The number of aliphatic hydroxyl groups is 1. The van der Waals surface area contributed by atoms with Crippen molar-refractivity contribution in [3.63, 3.8) is 0 Å². The summed E-state index contributed by atoms with van der Waals surface area (Å²) < 4.78 is 0. The maximum atomic E-state index is 9.80. The summed E-state index contributed by atoms with van der Waals surface area (Å²) in [4.78, 5) is 2.31. The molecular weight excluding hydrogens is 272 g/mol. The summed E-state index contributed by atoms with van der Waals surface area (Å²) >= 11 is 6.38. The maximum absolute atomic E-state index is 9.80. The van der Waals surface area contributed by atoms with E-state index in [0.29, 0.717) is 12.0 Å². The number of hydrogen-bond donors (Lipinski definition) is 2. The Hall–Kier alpha value is -0.770. The smallest absolute Gasteiger partial charge is 0.0599 e. The van der Waals surface area contributed by atoms with Crippen LogP contribution in [-0.4, -0.2) is 30.3 Å². The molecule has 0 radical (unpaired) electrons. The lowest BCUT2D eigenvalue weighted by atomic mass is 9.96. The molecule has 1 fully saturated rings. The molecule has 2 atom stereocenters. The van der Waals surface area contributed by atoms with Crippen LogP contribution < -0.4 is 10.2 Å². The minimum absolute atomic E-state index is 0.170. The molecule has 1 saturated heterocycles. The normalized spacial score (nSPS) is 23.4. The van der Waals surface area contributed by atoms with Gasteiger partial charge < -0.3 is 15.3 Å². The van der Waals surface area contributed by atoms with Gasteiger partial charge in [0.1, 0.15) is 0 Å². The van der Waals surface area contributed by atoms with E-state index in [1.165, 1.54) is 0 Å². The zero-order valence-electron chi connectivity index (χ0n) is 12.6. The van der Waals surface area contributed by atoms with Crippen molar-refractivity contribution in [3.8, 4) is 0 Å². The lowest BCUT2D eigenvalue weighted by Gasteiger charge is -2.36. The summed E-state index contributed by atoms with van der Waals surface area (Å²) in [5.74, 6) is 0.310. The van der Waals surface area contributed by atoms with Crippen LogP contribution in [0.15, 0.2) is 18.2 Å². The predicted octanol–water partition coefficient (Wildman–Crippen LogP) is 3.05. The van der Waals surface area contributed by atoms with Crippen molar-refractivity contribution in [2.24, 2.45) is 5.92 Å². The molecule has 3 nitrogen and oxygen atoms in total. The zero-order valence-corrected chi connectivity index (χ0v) is 13.3. The van der Waals surface area contributed by atoms with E-state index in [9.17, 15) is 5.11 Å². The van der Waals surface area contributed by atoms with Gasteiger partial charge in [-0.1, -0.05) is 38.4 Å². The highest BCUT2D eigenvalue weighted by Gasteiger charge is 2.24. The highest BCUT2D eigenvalue weighted by atomic mass is 35.5. The first-order valence-corrected chi connectivity index (χ1v) is 7.80.